The Morgan fingerprint density at radius 1 is 1.05 bits per heavy atom. The van der Waals surface area contributed by atoms with Gasteiger partial charge in [0.1, 0.15) is 0 Å². The van der Waals surface area contributed by atoms with Gasteiger partial charge in [-0.2, -0.15) is 0 Å². The van der Waals surface area contributed by atoms with Crippen molar-refractivity contribution < 1.29 is 4.79 Å². The maximum atomic E-state index is 12.0. The molecule has 0 aliphatic heterocycles. The summed E-state index contributed by atoms with van der Waals surface area (Å²) in [5.41, 5.74) is 4.25. The fourth-order valence-electron chi connectivity index (χ4n) is 1.94. The third-order valence-electron chi connectivity index (χ3n) is 3.25. The largest absolute Gasteiger partial charge is 0.289 e. The summed E-state index contributed by atoms with van der Waals surface area (Å²) >= 11 is 0. The number of hydrogen-bond donors (Lipinski definition) is 0. The second kappa shape index (κ2) is 6.14. The first-order chi connectivity index (χ1) is 9.20. The maximum absolute atomic E-state index is 12.0. The molecule has 0 aromatic heterocycles. The zero-order valence-electron chi connectivity index (χ0n) is 11.4. The number of carbonyl (C=O) groups is 1. The lowest BCUT2D eigenvalue weighted by Gasteiger charge is -2.00. The Bertz CT molecular complexity index is 591. The first-order valence-electron chi connectivity index (χ1n) is 6.57. The van der Waals surface area contributed by atoms with Crippen molar-refractivity contribution in [2.75, 3.05) is 0 Å². The van der Waals surface area contributed by atoms with Gasteiger partial charge < -0.3 is 0 Å². The number of allylic oxidation sites excluding steroid dienone is 1. The van der Waals surface area contributed by atoms with Gasteiger partial charge in [0.25, 0.3) is 0 Å². The van der Waals surface area contributed by atoms with E-state index in [4.69, 9.17) is 0 Å². The quantitative estimate of drug-likeness (QED) is 0.578. The predicted molar refractivity (Wildman–Crippen MR) is 80.4 cm³/mol. The highest BCUT2D eigenvalue weighted by Gasteiger charge is 2.01. The van der Waals surface area contributed by atoms with Crippen LogP contribution in [0, 0.1) is 6.92 Å². The highest BCUT2D eigenvalue weighted by molar-refractivity contribution is 6.06. The van der Waals surface area contributed by atoms with Gasteiger partial charge in [-0.1, -0.05) is 61.5 Å². The van der Waals surface area contributed by atoms with Gasteiger partial charge in [-0.05, 0) is 36.1 Å². The Morgan fingerprint density at radius 2 is 1.74 bits per heavy atom. The van der Waals surface area contributed by atoms with Crippen molar-refractivity contribution in [2.45, 2.75) is 20.3 Å². The van der Waals surface area contributed by atoms with Crippen LogP contribution in [-0.4, -0.2) is 5.78 Å². The molecule has 1 nitrogen and oxygen atoms in total. The SMILES string of the molecule is CCc1ccc(C(=O)/C=C/c2ccccc2C)cc1. The molecule has 1 heteroatoms. The van der Waals surface area contributed by atoms with Crippen LogP contribution in [0.4, 0.5) is 0 Å². The van der Waals surface area contributed by atoms with E-state index >= 15 is 0 Å². The van der Waals surface area contributed by atoms with Crippen molar-refractivity contribution in [3.8, 4) is 0 Å². The molecule has 2 rings (SSSR count). The van der Waals surface area contributed by atoms with Crippen LogP contribution in [0.25, 0.3) is 6.08 Å². The monoisotopic (exact) mass is 250 g/mol. The lowest BCUT2D eigenvalue weighted by molar-refractivity contribution is 0.104. The number of benzene rings is 2. The molecule has 0 bridgehead atoms. The summed E-state index contributed by atoms with van der Waals surface area (Å²) in [7, 11) is 0. The van der Waals surface area contributed by atoms with Crippen LogP contribution in [0.1, 0.15) is 34.0 Å². The minimum Gasteiger partial charge on any atom is -0.289 e. The van der Waals surface area contributed by atoms with Crippen LogP contribution in [0.5, 0.6) is 0 Å². The number of ketones is 1. The molecular formula is C18H18O. The lowest BCUT2D eigenvalue weighted by atomic mass is 10.0. The van der Waals surface area contributed by atoms with Crippen molar-refractivity contribution in [2.24, 2.45) is 0 Å². The highest BCUT2D eigenvalue weighted by atomic mass is 16.1. The standard InChI is InChI=1S/C18H18O/c1-3-15-8-10-17(11-9-15)18(19)13-12-16-7-5-4-6-14(16)2/h4-13H,3H2,1-2H3/b13-12+. The summed E-state index contributed by atoms with van der Waals surface area (Å²) in [6.07, 6.45) is 4.52. The van der Waals surface area contributed by atoms with E-state index in [-0.39, 0.29) is 5.78 Å². The minimum atomic E-state index is 0.0471. The van der Waals surface area contributed by atoms with E-state index in [1.54, 1.807) is 6.08 Å². The zero-order valence-corrected chi connectivity index (χ0v) is 11.4. The van der Waals surface area contributed by atoms with Crippen molar-refractivity contribution in [3.05, 3.63) is 76.9 Å². The number of rotatable bonds is 4. The fraction of sp³-hybridized carbons (Fsp3) is 0.167. The Labute approximate surface area is 114 Å². The molecule has 0 atom stereocenters. The van der Waals surface area contributed by atoms with Crippen LogP contribution in [0.15, 0.2) is 54.6 Å². The molecule has 0 spiro atoms. The Balaban J connectivity index is 2.14. The van der Waals surface area contributed by atoms with Gasteiger partial charge in [-0.15, -0.1) is 0 Å². The minimum absolute atomic E-state index is 0.0471. The highest BCUT2D eigenvalue weighted by Crippen LogP contribution is 2.11. The second-order valence-corrected chi connectivity index (χ2v) is 4.60. The molecule has 0 saturated heterocycles. The van der Waals surface area contributed by atoms with Crippen molar-refractivity contribution in [3.63, 3.8) is 0 Å². The first kappa shape index (κ1) is 13.3. The molecule has 0 aliphatic rings. The summed E-state index contributed by atoms with van der Waals surface area (Å²) in [6.45, 7) is 4.15. The fourth-order valence-corrected chi connectivity index (χ4v) is 1.94. The molecular weight excluding hydrogens is 232 g/mol. The maximum Gasteiger partial charge on any atom is 0.185 e. The molecule has 2 aromatic carbocycles. The average molecular weight is 250 g/mol. The van der Waals surface area contributed by atoms with Crippen molar-refractivity contribution >= 4 is 11.9 Å². The van der Waals surface area contributed by atoms with E-state index in [0.717, 1.165) is 17.5 Å². The average Bonchev–Trinajstić information content (AvgIpc) is 2.46. The Morgan fingerprint density at radius 3 is 2.37 bits per heavy atom. The molecule has 0 saturated carbocycles. The molecule has 19 heavy (non-hydrogen) atoms. The Hall–Kier alpha value is -2.15. The van der Waals surface area contributed by atoms with Crippen LogP contribution < -0.4 is 0 Å². The molecule has 0 heterocycles. The van der Waals surface area contributed by atoms with Gasteiger partial charge in [-0.25, -0.2) is 0 Å². The van der Waals surface area contributed by atoms with Crippen LogP contribution in [-0.2, 0) is 6.42 Å². The molecule has 0 radical (unpaired) electrons. The van der Waals surface area contributed by atoms with Gasteiger partial charge in [0.05, 0.1) is 0 Å². The number of carbonyl (C=O) groups excluding carboxylic acids is 1. The van der Waals surface area contributed by atoms with E-state index in [2.05, 4.69) is 6.92 Å². The van der Waals surface area contributed by atoms with Crippen LogP contribution in [0.3, 0.4) is 0 Å². The summed E-state index contributed by atoms with van der Waals surface area (Å²) in [6, 6.07) is 15.8. The third kappa shape index (κ3) is 3.41. The molecule has 0 N–H and O–H groups in total. The van der Waals surface area contributed by atoms with E-state index in [1.807, 2.05) is 61.5 Å². The van der Waals surface area contributed by atoms with Crippen molar-refractivity contribution in [1.29, 1.82) is 0 Å². The summed E-state index contributed by atoms with van der Waals surface area (Å²) in [5, 5.41) is 0. The third-order valence-corrected chi connectivity index (χ3v) is 3.25. The number of aryl methyl sites for hydroxylation is 2. The van der Waals surface area contributed by atoms with Crippen molar-refractivity contribution in [1.82, 2.24) is 0 Å². The summed E-state index contributed by atoms with van der Waals surface area (Å²) in [4.78, 5) is 12.0. The van der Waals surface area contributed by atoms with E-state index in [0.29, 0.717) is 0 Å². The molecule has 0 aliphatic carbocycles. The summed E-state index contributed by atoms with van der Waals surface area (Å²) in [5.74, 6) is 0.0471. The van der Waals surface area contributed by atoms with Gasteiger partial charge >= 0.3 is 0 Å². The topological polar surface area (TPSA) is 17.1 Å². The molecule has 0 fully saturated rings. The van der Waals surface area contributed by atoms with E-state index in [1.165, 1.54) is 11.1 Å². The van der Waals surface area contributed by atoms with Gasteiger partial charge in [0.2, 0.25) is 0 Å². The molecule has 0 unspecified atom stereocenters. The predicted octanol–water partition coefficient (Wildman–Crippen LogP) is 4.45. The van der Waals surface area contributed by atoms with E-state index in [9.17, 15) is 4.79 Å². The first-order valence-corrected chi connectivity index (χ1v) is 6.57. The second-order valence-electron chi connectivity index (χ2n) is 4.60. The summed E-state index contributed by atoms with van der Waals surface area (Å²) < 4.78 is 0. The lowest BCUT2D eigenvalue weighted by Crippen LogP contribution is -1.94. The zero-order chi connectivity index (χ0) is 13.7. The molecule has 0 amide bonds. The van der Waals surface area contributed by atoms with Crippen LogP contribution >= 0.6 is 0 Å². The van der Waals surface area contributed by atoms with Crippen LogP contribution in [0.2, 0.25) is 0 Å². The Kier molecular flexibility index (Phi) is 4.30. The number of hydrogen-bond acceptors (Lipinski definition) is 1. The van der Waals surface area contributed by atoms with E-state index < -0.39 is 0 Å². The van der Waals surface area contributed by atoms with Gasteiger partial charge in [0.15, 0.2) is 5.78 Å². The normalized spacial score (nSPS) is 10.8. The smallest absolute Gasteiger partial charge is 0.185 e. The molecule has 96 valence electrons. The van der Waals surface area contributed by atoms with Gasteiger partial charge in [0, 0.05) is 5.56 Å². The molecule has 2 aromatic rings. The van der Waals surface area contributed by atoms with Gasteiger partial charge in [-0.3, -0.25) is 4.79 Å².